The third-order valence-corrected chi connectivity index (χ3v) is 5.15. The highest BCUT2D eigenvalue weighted by Gasteiger charge is 2.34. The number of nitrogens with two attached hydrogens (primary N) is 1. The van der Waals surface area contributed by atoms with Gasteiger partial charge in [-0.15, -0.1) is 0 Å². The third-order valence-electron chi connectivity index (χ3n) is 5.15. The molecule has 0 aromatic heterocycles. The van der Waals surface area contributed by atoms with Gasteiger partial charge in [-0.2, -0.15) is 13.2 Å². The van der Waals surface area contributed by atoms with E-state index in [-0.39, 0.29) is 5.41 Å². The molecule has 158 valence electrons. The molecule has 7 heteroatoms. The fourth-order valence-corrected chi connectivity index (χ4v) is 3.52. The molecule has 1 aliphatic heterocycles. The second-order valence-electron chi connectivity index (χ2n) is 8.79. The Labute approximate surface area is 168 Å². The van der Waals surface area contributed by atoms with Crippen molar-refractivity contribution >= 4 is 17.1 Å². The lowest BCUT2D eigenvalue weighted by Gasteiger charge is -2.22. The molecule has 0 fully saturated rings. The van der Waals surface area contributed by atoms with E-state index in [1.54, 1.807) is 0 Å². The van der Waals surface area contributed by atoms with E-state index in [4.69, 9.17) is 5.73 Å². The molecule has 0 saturated carbocycles. The van der Waals surface area contributed by atoms with Crippen molar-refractivity contribution in [1.82, 2.24) is 0 Å². The highest BCUT2D eigenvalue weighted by atomic mass is 19.4. The highest BCUT2D eigenvalue weighted by molar-refractivity contribution is 5.76. The predicted octanol–water partition coefficient (Wildman–Crippen LogP) is 5.84. The topological polar surface area (TPSA) is 41.3 Å². The van der Waals surface area contributed by atoms with Gasteiger partial charge >= 0.3 is 6.18 Å². The van der Waals surface area contributed by atoms with Crippen LogP contribution in [0, 0.1) is 11.2 Å². The van der Waals surface area contributed by atoms with Crippen molar-refractivity contribution in [1.29, 1.82) is 0 Å². The van der Waals surface area contributed by atoms with Gasteiger partial charge in [-0.25, -0.2) is 4.39 Å². The molecule has 0 bridgehead atoms. The molecule has 0 aliphatic carbocycles. The standard InChI is InChI=1S/C22H27F4N3/c1-21(2,3)7-8-28-19-11-15-6-9-29(20(15)12-18(19)27)13-14-4-5-16(17(23)10-14)22(24,25)26/h4-5,10-12,28H,6-9,13,27H2,1-3H3. The van der Waals surface area contributed by atoms with E-state index in [2.05, 4.69) is 26.1 Å². The van der Waals surface area contributed by atoms with E-state index >= 15 is 0 Å². The largest absolute Gasteiger partial charge is 0.419 e. The van der Waals surface area contributed by atoms with Gasteiger partial charge in [0.05, 0.1) is 16.9 Å². The maximum Gasteiger partial charge on any atom is 0.419 e. The Morgan fingerprint density at radius 2 is 1.83 bits per heavy atom. The minimum absolute atomic E-state index is 0.228. The minimum atomic E-state index is -4.69. The molecule has 0 unspecified atom stereocenters. The first kappa shape index (κ1) is 21.3. The van der Waals surface area contributed by atoms with Crippen molar-refractivity contribution in [3.8, 4) is 0 Å². The number of nitrogens with one attached hydrogen (secondary N) is 1. The third kappa shape index (κ3) is 5.14. The number of fused-ring (bicyclic) bond motifs is 1. The zero-order chi connectivity index (χ0) is 21.4. The fraction of sp³-hybridized carbons (Fsp3) is 0.455. The van der Waals surface area contributed by atoms with Crippen molar-refractivity contribution in [2.45, 2.75) is 46.3 Å². The Kier molecular flexibility index (Phi) is 5.70. The van der Waals surface area contributed by atoms with Crippen molar-refractivity contribution < 1.29 is 17.6 Å². The summed E-state index contributed by atoms with van der Waals surface area (Å²) in [6.07, 6.45) is -2.87. The molecule has 0 radical (unpaired) electrons. The molecule has 2 aromatic carbocycles. The molecule has 0 amide bonds. The second-order valence-corrected chi connectivity index (χ2v) is 8.79. The lowest BCUT2D eigenvalue weighted by Crippen LogP contribution is -2.20. The Morgan fingerprint density at radius 1 is 1.10 bits per heavy atom. The summed E-state index contributed by atoms with van der Waals surface area (Å²) < 4.78 is 52.1. The van der Waals surface area contributed by atoms with E-state index in [1.165, 1.54) is 6.07 Å². The molecule has 29 heavy (non-hydrogen) atoms. The molecule has 0 spiro atoms. The van der Waals surface area contributed by atoms with Gasteiger partial charge in [-0.1, -0.05) is 26.8 Å². The zero-order valence-electron chi connectivity index (χ0n) is 17.0. The lowest BCUT2D eigenvalue weighted by atomic mass is 9.92. The van der Waals surface area contributed by atoms with Crippen LogP contribution in [0.2, 0.25) is 0 Å². The zero-order valence-corrected chi connectivity index (χ0v) is 17.0. The van der Waals surface area contributed by atoms with Crippen molar-refractivity contribution in [2.75, 3.05) is 29.0 Å². The van der Waals surface area contributed by atoms with Crippen LogP contribution in [-0.2, 0) is 19.1 Å². The van der Waals surface area contributed by atoms with E-state index < -0.39 is 17.6 Å². The van der Waals surface area contributed by atoms with E-state index in [9.17, 15) is 17.6 Å². The van der Waals surface area contributed by atoms with Gasteiger partial charge in [0.2, 0.25) is 0 Å². The number of anilines is 3. The predicted molar refractivity (Wildman–Crippen MR) is 110 cm³/mol. The minimum Gasteiger partial charge on any atom is -0.397 e. The van der Waals surface area contributed by atoms with E-state index in [0.717, 1.165) is 48.5 Å². The fourth-order valence-electron chi connectivity index (χ4n) is 3.52. The van der Waals surface area contributed by atoms with Gasteiger partial charge < -0.3 is 16.0 Å². The summed E-state index contributed by atoms with van der Waals surface area (Å²) in [5, 5.41) is 3.39. The number of hydrogen-bond acceptors (Lipinski definition) is 3. The smallest absolute Gasteiger partial charge is 0.397 e. The van der Waals surface area contributed by atoms with Crippen molar-refractivity contribution in [3.05, 3.63) is 52.8 Å². The van der Waals surface area contributed by atoms with Crippen molar-refractivity contribution in [2.24, 2.45) is 5.41 Å². The summed E-state index contributed by atoms with van der Waals surface area (Å²) in [5.41, 5.74) is 9.31. The first-order valence-corrected chi connectivity index (χ1v) is 9.71. The summed E-state index contributed by atoms with van der Waals surface area (Å²) in [4.78, 5) is 2.02. The van der Waals surface area contributed by atoms with Gasteiger partial charge in [0.15, 0.2) is 0 Å². The van der Waals surface area contributed by atoms with Crippen LogP contribution >= 0.6 is 0 Å². The average molecular weight is 409 g/mol. The highest BCUT2D eigenvalue weighted by Crippen LogP contribution is 2.36. The first-order chi connectivity index (χ1) is 13.4. The molecule has 1 aliphatic rings. The van der Waals surface area contributed by atoms with Crippen LogP contribution < -0.4 is 16.0 Å². The molecule has 3 rings (SSSR count). The summed E-state index contributed by atoms with van der Waals surface area (Å²) >= 11 is 0. The number of benzene rings is 2. The Morgan fingerprint density at radius 3 is 2.45 bits per heavy atom. The molecule has 0 saturated heterocycles. The van der Waals surface area contributed by atoms with Crippen molar-refractivity contribution in [3.63, 3.8) is 0 Å². The lowest BCUT2D eigenvalue weighted by molar-refractivity contribution is -0.140. The number of alkyl halides is 3. The average Bonchev–Trinajstić information content (AvgIpc) is 2.94. The van der Waals surface area contributed by atoms with E-state index in [1.807, 2.05) is 17.0 Å². The molecule has 1 heterocycles. The summed E-state index contributed by atoms with van der Waals surface area (Å²) in [6.45, 7) is 8.41. The maximum absolute atomic E-state index is 13.9. The Balaban J connectivity index is 1.73. The maximum atomic E-state index is 13.9. The normalized spacial score (nSPS) is 14.2. The molecule has 3 nitrogen and oxygen atoms in total. The number of nitrogens with zero attached hydrogens (tertiary/aromatic N) is 1. The molecular formula is C22H27F4N3. The summed E-state index contributed by atoms with van der Waals surface area (Å²) in [7, 11) is 0. The molecular weight excluding hydrogens is 382 g/mol. The number of rotatable bonds is 5. The van der Waals surface area contributed by atoms with Gasteiger partial charge in [0.1, 0.15) is 5.82 Å². The van der Waals surface area contributed by atoms with Gasteiger partial charge in [0, 0.05) is 25.3 Å². The number of halogens is 4. The molecule has 3 N–H and O–H groups in total. The molecule has 2 aromatic rings. The quantitative estimate of drug-likeness (QED) is 0.482. The second kappa shape index (κ2) is 7.76. The Hall–Kier alpha value is -2.44. The van der Waals surface area contributed by atoms with Crippen LogP contribution in [-0.4, -0.2) is 13.1 Å². The van der Waals surface area contributed by atoms with Crippen LogP contribution in [0.1, 0.15) is 43.9 Å². The van der Waals surface area contributed by atoms with Crippen LogP contribution in [0.4, 0.5) is 34.6 Å². The van der Waals surface area contributed by atoms with Gasteiger partial charge in [-0.3, -0.25) is 0 Å². The SMILES string of the molecule is CC(C)(C)CCNc1cc2c(cc1N)N(Cc1ccc(C(F)(F)F)c(F)c1)CC2. The van der Waals surface area contributed by atoms with Crippen LogP contribution in [0.3, 0.4) is 0 Å². The molecule has 0 atom stereocenters. The van der Waals surface area contributed by atoms with Gasteiger partial charge in [0.25, 0.3) is 0 Å². The number of nitrogen functional groups attached to an aromatic ring is 1. The van der Waals surface area contributed by atoms with Gasteiger partial charge in [-0.05, 0) is 53.6 Å². The summed E-state index contributed by atoms with van der Waals surface area (Å²) in [5.74, 6) is -1.24. The summed E-state index contributed by atoms with van der Waals surface area (Å²) in [6, 6.07) is 7.03. The monoisotopic (exact) mass is 409 g/mol. The van der Waals surface area contributed by atoms with Crippen LogP contribution in [0.15, 0.2) is 30.3 Å². The first-order valence-electron chi connectivity index (χ1n) is 9.71. The number of hydrogen-bond donors (Lipinski definition) is 2. The van der Waals surface area contributed by atoms with E-state index in [0.29, 0.717) is 24.3 Å². The van der Waals surface area contributed by atoms with Crippen LogP contribution in [0.25, 0.3) is 0 Å². The Bertz CT molecular complexity index is 885. The van der Waals surface area contributed by atoms with Crippen LogP contribution in [0.5, 0.6) is 0 Å².